The smallest absolute Gasteiger partial charge is 0.0864 e. The molecule has 0 saturated carbocycles. The Labute approximate surface area is 106 Å². The van der Waals surface area contributed by atoms with Crippen molar-refractivity contribution >= 4 is 11.6 Å². The molecule has 0 amide bonds. The van der Waals surface area contributed by atoms with Crippen LogP contribution in [-0.4, -0.2) is 14.9 Å². The molecule has 0 aliphatic carbocycles. The Kier molecular flexibility index (Phi) is 3.50. The summed E-state index contributed by atoms with van der Waals surface area (Å²) in [6, 6.07) is 7.56. The molecule has 1 heterocycles. The Morgan fingerprint density at radius 2 is 2.12 bits per heavy atom. The molecular weight excluding hydrogens is 236 g/mol. The van der Waals surface area contributed by atoms with Crippen molar-refractivity contribution in [2.75, 3.05) is 0 Å². The number of aliphatic hydroxyl groups excluding tert-OH is 1. The Bertz CT molecular complexity index is 522. The summed E-state index contributed by atoms with van der Waals surface area (Å²) in [5.41, 5.74) is 2.78. The second-order valence-corrected chi connectivity index (χ2v) is 4.53. The van der Waals surface area contributed by atoms with E-state index in [4.69, 9.17) is 11.6 Å². The minimum atomic E-state index is -0.566. The average Bonchev–Trinajstić information content (AvgIpc) is 2.63. The first-order valence-electron chi connectivity index (χ1n) is 5.49. The first kappa shape index (κ1) is 12.1. The average molecular weight is 251 g/mol. The van der Waals surface area contributed by atoms with Crippen LogP contribution >= 0.6 is 11.6 Å². The first-order valence-corrected chi connectivity index (χ1v) is 5.87. The molecule has 17 heavy (non-hydrogen) atoms. The quantitative estimate of drug-likeness (QED) is 0.910. The molecule has 0 aliphatic heterocycles. The summed E-state index contributed by atoms with van der Waals surface area (Å²) < 4.78 is 1.76. The zero-order valence-electron chi connectivity index (χ0n) is 9.89. The summed E-state index contributed by atoms with van der Waals surface area (Å²) >= 11 is 6.07. The maximum atomic E-state index is 10.2. The van der Waals surface area contributed by atoms with Gasteiger partial charge < -0.3 is 5.11 Å². The van der Waals surface area contributed by atoms with E-state index in [-0.39, 0.29) is 0 Å². The Balaban J connectivity index is 2.20. The van der Waals surface area contributed by atoms with Crippen LogP contribution in [0.5, 0.6) is 0 Å². The molecule has 0 radical (unpaired) electrons. The van der Waals surface area contributed by atoms with Gasteiger partial charge in [-0.2, -0.15) is 5.10 Å². The highest BCUT2D eigenvalue weighted by Crippen LogP contribution is 2.24. The van der Waals surface area contributed by atoms with E-state index in [0.29, 0.717) is 11.4 Å². The van der Waals surface area contributed by atoms with Gasteiger partial charge in [-0.25, -0.2) is 0 Å². The SMILES string of the molecule is Cc1c(C(O)Cc2ccccc2Cl)cnn1C. The molecule has 0 spiro atoms. The van der Waals surface area contributed by atoms with Crippen LogP contribution in [0.25, 0.3) is 0 Å². The van der Waals surface area contributed by atoms with Gasteiger partial charge in [0.15, 0.2) is 0 Å². The van der Waals surface area contributed by atoms with Crippen molar-refractivity contribution in [2.45, 2.75) is 19.4 Å². The molecule has 90 valence electrons. The third-order valence-electron chi connectivity index (χ3n) is 3.00. The van der Waals surface area contributed by atoms with E-state index in [2.05, 4.69) is 5.10 Å². The number of aryl methyl sites for hydroxylation is 1. The van der Waals surface area contributed by atoms with Crippen LogP contribution in [0.15, 0.2) is 30.5 Å². The number of rotatable bonds is 3. The molecule has 1 aromatic heterocycles. The summed E-state index contributed by atoms with van der Waals surface area (Å²) in [6.45, 7) is 1.94. The van der Waals surface area contributed by atoms with E-state index in [0.717, 1.165) is 16.8 Å². The van der Waals surface area contributed by atoms with Crippen molar-refractivity contribution in [3.8, 4) is 0 Å². The molecule has 0 fully saturated rings. The monoisotopic (exact) mass is 250 g/mol. The van der Waals surface area contributed by atoms with Gasteiger partial charge in [0, 0.05) is 29.7 Å². The lowest BCUT2D eigenvalue weighted by molar-refractivity contribution is 0.177. The van der Waals surface area contributed by atoms with E-state index in [1.807, 2.05) is 38.2 Å². The summed E-state index contributed by atoms with van der Waals surface area (Å²) in [7, 11) is 1.86. The maximum Gasteiger partial charge on any atom is 0.0864 e. The second kappa shape index (κ2) is 4.90. The molecule has 3 nitrogen and oxygen atoms in total. The Hall–Kier alpha value is -1.32. The van der Waals surface area contributed by atoms with Crippen molar-refractivity contribution in [3.05, 3.63) is 52.3 Å². The van der Waals surface area contributed by atoms with Gasteiger partial charge in [0.1, 0.15) is 0 Å². The van der Waals surface area contributed by atoms with Crippen LogP contribution in [0.1, 0.15) is 22.9 Å². The standard InChI is InChI=1S/C13H15ClN2O/c1-9-11(8-15-16(9)2)13(17)7-10-5-3-4-6-12(10)14/h3-6,8,13,17H,7H2,1-2H3. The number of hydrogen-bond donors (Lipinski definition) is 1. The van der Waals surface area contributed by atoms with Crippen LogP contribution in [0.2, 0.25) is 5.02 Å². The lowest BCUT2D eigenvalue weighted by Gasteiger charge is -2.11. The van der Waals surface area contributed by atoms with Gasteiger partial charge in [-0.15, -0.1) is 0 Å². The fourth-order valence-corrected chi connectivity index (χ4v) is 2.04. The van der Waals surface area contributed by atoms with Crippen molar-refractivity contribution in [1.29, 1.82) is 0 Å². The molecule has 1 N–H and O–H groups in total. The second-order valence-electron chi connectivity index (χ2n) is 4.12. The minimum absolute atomic E-state index is 0.506. The zero-order chi connectivity index (χ0) is 12.4. The van der Waals surface area contributed by atoms with E-state index >= 15 is 0 Å². The van der Waals surface area contributed by atoms with Crippen molar-refractivity contribution in [3.63, 3.8) is 0 Å². The summed E-state index contributed by atoms with van der Waals surface area (Å²) in [5.74, 6) is 0. The van der Waals surface area contributed by atoms with E-state index in [9.17, 15) is 5.11 Å². The van der Waals surface area contributed by atoms with Crippen molar-refractivity contribution < 1.29 is 5.11 Å². The number of aromatic nitrogens is 2. The molecule has 1 aromatic carbocycles. The summed E-state index contributed by atoms with van der Waals surface area (Å²) in [5, 5.41) is 15.0. The van der Waals surface area contributed by atoms with Gasteiger partial charge >= 0.3 is 0 Å². The van der Waals surface area contributed by atoms with Crippen molar-refractivity contribution in [2.24, 2.45) is 7.05 Å². The van der Waals surface area contributed by atoms with Gasteiger partial charge in [0.05, 0.1) is 12.3 Å². The number of benzene rings is 1. The largest absolute Gasteiger partial charge is 0.388 e. The van der Waals surface area contributed by atoms with Crippen LogP contribution in [0.4, 0.5) is 0 Å². The highest BCUT2D eigenvalue weighted by Gasteiger charge is 2.15. The lowest BCUT2D eigenvalue weighted by atomic mass is 10.0. The molecule has 0 saturated heterocycles. The lowest BCUT2D eigenvalue weighted by Crippen LogP contribution is -2.04. The normalized spacial score (nSPS) is 12.7. The third kappa shape index (κ3) is 2.51. The molecule has 1 unspecified atom stereocenters. The predicted octanol–water partition coefficient (Wildman–Crippen LogP) is 2.66. The van der Waals surface area contributed by atoms with Crippen LogP contribution in [0.3, 0.4) is 0 Å². The highest BCUT2D eigenvalue weighted by atomic mass is 35.5. The molecular formula is C13H15ClN2O. The molecule has 2 aromatic rings. The van der Waals surface area contributed by atoms with E-state index < -0.39 is 6.10 Å². The van der Waals surface area contributed by atoms with Crippen LogP contribution < -0.4 is 0 Å². The number of nitrogens with zero attached hydrogens (tertiary/aromatic N) is 2. The molecule has 2 rings (SSSR count). The Morgan fingerprint density at radius 3 is 2.71 bits per heavy atom. The minimum Gasteiger partial charge on any atom is -0.388 e. The van der Waals surface area contributed by atoms with Gasteiger partial charge in [-0.1, -0.05) is 29.8 Å². The maximum absolute atomic E-state index is 10.2. The van der Waals surface area contributed by atoms with E-state index in [1.165, 1.54) is 0 Å². The zero-order valence-corrected chi connectivity index (χ0v) is 10.6. The van der Waals surface area contributed by atoms with Gasteiger partial charge in [0.2, 0.25) is 0 Å². The van der Waals surface area contributed by atoms with Gasteiger partial charge in [0.25, 0.3) is 0 Å². The fourth-order valence-electron chi connectivity index (χ4n) is 1.83. The number of aliphatic hydroxyl groups is 1. The third-order valence-corrected chi connectivity index (χ3v) is 3.37. The molecule has 0 bridgehead atoms. The van der Waals surface area contributed by atoms with Gasteiger partial charge in [-0.05, 0) is 18.6 Å². The van der Waals surface area contributed by atoms with Crippen LogP contribution in [-0.2, 0) is 13.5 Å². The van der Waals surface area contributed by atoms with E-state index in [1.54, 1.807) is 10.9 Å². The summed E-state index contributed by atoms with van der Waals surface area (Å²) in [6.07, 6.45) is 1.65. The topological polar surface area (TPSA) is 38.1 Å². The predicted molar refractivity (Wildman–Crippen MR) is 68.1 cm³/mol. The van der Waals surface area contributed by atoms with Gasteiger partial charge in [-0.3, -0.25) is 4.68 Å². The first-order chi connectivity index (χ1) is 8.09. The van der Waals surface area contributed by atoms with Crippen molar-refractivity contribution in [1.82, 2.24) is 9.78 Å². The number of hydrogen-bond acceptors (Lipinski definition) is 2. The number of halogens is 1. The molecule has 0 aliphatic rings. The Morgan fingerprint density at radius 1 is 1.41 bits per heavy atom. The molecule has 1 atom stereocenters. The summed E-state index contributed by atoms with van der Waals surface area (Å²) in [4.78, 5) is 0. The molecule has 4 heteroatoms. The van der Waals surface area contributed by atoms with Crippen LogP contribution in [0, 0.1) is 6.92 Å². The fraction of sp³-hybridized carbons (Fsp3) is 0.308. The highest BCUT2D eigenvalue weighted by molar-refractivity contribution is 6.31.